The van der Waals surface area contributed by atoms with Gasteiger partial charge >= 0.3 is 0 Å². The summed E-state index contributed by atoms with van der Waals surface area (Å²) >= 11 is 0. The van der Waals surface area contributed by atoms with Crippen molar-refractivity contribution in [3.8, 4) is 0 Å². The molecule has 0 aromatic rings. The Balaban J connectivity index is 5.89. The molecule has 0 atom stereocenters. The topological polar surface area (TPSA) is 17.1 Å². The molecule has 90 valence electrons. The van der Waals surface area contributed by atoms with Crippen molar-refractivity contribution in [1.29, 1.82) is 0 Å². The Morgan fingerprint density at radius 2 is 0.800 bits per heavy atom. The van der Waals surface area contributed by atoms with E-state index >= 15 is 0 Å². The fraction of sp³-hybridized carbons (Fsp3) is 0.929. The molecule has 0 fully saturated rings. The predicted octanol–water partition coefficient (Wildman–Crippen LogP) is 4.31. The molecule has 0 spiro atoms. The summed E-state index contributed by atoms with van der Waals surface area (Å²) in [6.07, 6.45) is 1.19. The van der Waals surface area contributed by atoms with Crippen LogP contribution in [0.4, 0.5) is 0 Å². The van der Waals surface area contributed by atoms with Crippen LogP contribution < -0.4 is 0 Å². The maximum atomic E-state index is 11.8. The lowest BCUT2D eigenvalue weighted by molar-refractivity contribution is -0.152. The minimum absolute atomic E-state index is 0.0365. The van der Waals surface area contributed by atoms with Gasteiger partial charge in [0.2, 0.25) is 0 Å². The van der Waals surface area contributed by atoms with Gasteiger partial charge in [-0.1, -0.05) is 62.3 Å². The smallest absolute Gasteiger partial charge is 0.127 e. The van der Waals surface area contributed by atoms with Crippen LogP contribution in [0.15, 0.2) is 0 Å². The van der Waals surface area contributed by atoms with Crippen molar-refractivity contribution in [3.05, 3.63) is 0 Å². The van der Waals surface area contributed by atoms with Crippen molar-refractivity contribution in [2.75, 3.05) is 0 Å². The average molecular weight is 212 g/mol. The molecule has 0 saturated carbocycles. The van der Waals surface area contributed by atoms with Crippen molar-refractivity contribution < 1.29 is 4.79 Å². The maximum Gasteiger partial charge on any atom is 0.127 e. The molecule has 1 heteroatoms. The van der Waals surface area contributed by atoms with Gasteiger partial charge in [0.05, 0.1) is 0 Å². The van der Waals surface area contributed by atoms with Gasteiger partial charge in [0.15, 0.2) is 0 Å². The Morgan fingerprint density at radius 3 is 0.800 bits per heavy atom. The first-order valence-corrected chi connectivity index (χ1v) is 5.77. The molecule has 0 unspecified atom stereocenters. The first kappa shape index (κ1) is 14.7. The molecule has 0 heterocycles. The summed E-state index contributed by atoms with van der Waals surface area (Å²) in [6.45, 7) is 19.5. The first-order chi connectivity index (χ1) is 6.31. The molecule has 0 amide bonds. The highest BCUT2D eigenvalue weighted by atomic mass is 16.1. The Hall–Kier alpha value is -0.330. The van der Waals surface area contributed by atoms with E-state index in [0.717, 1.165) is 0 Å². The monoisotopic (exact) mass is 212 g/mol. The number of aldehydes is 1. The molecule has 0 bridgehead atoms. The molecular weight excluding hydrogens is 184 g/mol. The van der Waals surface area contributed by atoms with Gasteiger partial charge in [0.1, 0.15) is 6.29 Å². The fourth-order valence-electron chi connectivity index (χ4n) is 3.91. The lowest BCUT2D eigenvalue weighted by Crippen LogP contribution is -2.56. The van der Waals surface area contributed by atoms with Crippen LogP contribution in [0.2, 0.25) is 0 Å². The van der Waals surface area contributed by atoms with Crippen molar-refractivity contribution >= 4 is 6.29 Å². The molecule has 1 nitrogen and oxygen atoms in total. The van der Waals surface area contributed by atoms with E-state index in [1.807, 2.05) is 0 Å². The number of hydrogen-bond donors (Lipinski definition) is 0. The van der Waals surface area contributed by atoms with Crippen LogP contribution in [0.1, 0.15) is 62.3 Å². The number of carbonyl (C=O) groups excluding carboxylic acids is 1. The lowest BCUT2D eigenvalue weighted by atomic mass is 9.45. The summed E-state index contributed by atoms with van der Waals surface area (Å²) in [5, 5.41) is 0. The van der Waals surface area contributed by atoms with Gasteiger partial charge < -0.3 is 4.79 Å². The van der Waals surface area contributed by atoms with Gasteiger partial charge in [-0.3, -0.25) is 0 Å². The third-order valence-electron chi connectivity index (χ3n) is 3.73. The predicted molar refractivity (Wildman–Crippen MR) is 66.9 cm³/mol. The van der Waals surface area contributed by atoms with Gasteiger partial charge in [-0.15, -0.1) is 0 Å². The second-order valence-corrected chi connectivity index (χ2v) is 7.68. The van der Waals surface area contributed by atoms with Crippen molar-refractivity contribution in [3.63, 3.8) is 0 Å². The van der Waals surface area contributed by atoms with Gasteiger partial charge in [-0.05, 0) is 16.2 Å². The van der Waals surface area contributed by atoms with Crippen LogP contribution in [-0.2, 0) is 4.79 Å². The molecule has 0 aliphatic carbocycles. The van der Waals surface area contributed by atoms with E-state index in [1.165, 1.54) is 6.29 Å². The molecule has 0 aromatic carbocycles. The number of carbonyl (C=O) groups is 1. The molecule has 0 aliphatic rings. The fourth-order valence-corrected chi connectivity index (χ4v) is 3.91. The van der Waals surface area contributed by atoms with Crippen molar-refractivity contribution in [2.45, 2.75) is 62.3 Å². The molecule has 0 saturated heterocycles. The number of rotatable bonds is 1. The summed E-state index contributed by atoms with van der Waals surface area (Å²) in [5.74, 6) is 0. The van der Waals surface area contributed by atoms with Crippen LogP contribution in [0, 0.1) is 21.7 Å². The molecular formula is C14H28O. The van der Waals surface area contributed by atoms with Crippen LogP contribution in [0.3, 0.4) is 0 Å². The van der Waals surface area contributed by atoms with Crippen LogP contribution in [-0.4, -0.2) is 6.29 Å². The quantitative estimate of drug-likeness (QED) is 0.592. The van der Waals surface area contributed by atoms with Gasteiger partial charge in [0, 0.05) is 5.41 Å². The molecule has 0 aliphatic heterocycles. The highest BCUT2D eigenvalue weighted by Crippen LogP contribution is 2.59. The zero-order chi connectivity index (χ0) is 12.7. The average Bonchev–Trinajstić information content (AvgIpc) is 1.76. The lowest BCUT2D eigenvalue weighted by Gasteiger charge is -2.57. The normalized spacial score (nSPS) is 15.3. The van der Waals surface area contributed by atoms with E-state index in [0.29, 0.717) is 0 Å². The Morgan fingerprint density at radius 1 is 0.600 bits per heavy atom. The Bertz CT molecular complexity index is 193. The highest BCUT2D eigenvalue weighted by molar-refractivity contribution is 5.64. The third kappa shape index (κ3) is 2.11. The molecule has 15 heavy (non-hydrogen) atoms. The van der Waals surface area contributed by atoms with E-state index in [-0.39, 0.29) is 21.7 Å². The van der Waals surface area contributed by atoms with Crippen LogP contribution in [0.25, 0.3) is 0 Å². The van der Waals surface area contributed by atoms with Gasteiger partial charge in [-0.25, -0.2) is 0 Å². The van der Waals surface area contributed by atoms with E-state index in [4.69, 9.17) is 0 Å². The highest BCUT2D eigenvalue weighted by Gasteiger charge is 2.57. The summed E-state index contributed by atoms with van der Waals surface area (Å²) in [5.41, 5.74) is -0.436. The van der Waals surface area contributed by atoms with Crippen molar-refractivity contribution in [2.24, 2.45) is 21.7 Å². The zero-order valence-electron chi connectivity index (χ0n) is 12.0. The Kier molecular flexibility index (Phi) is 3.53. The Labute approximate surface area is 95.6 Å². The van der Waals surface area contributed by atoms with E-state index in [9.17, 15) is 4.79 Å². The largest absolute Gasteiger partial charge is 0.303 e. The zero-order valence-corrected chi connectivity index (χ0v) is 12.0. The molecule has 0 N–H and O–H groups in total. The van der Waals surface area contributed by atoms with Gasteiger partial charge in [-0.2, -0.15) is 0 Å². The maximum absolute atomic E-state index is 11.8. The standard InChI is InChI=1S/C14H28O/c1-11(2,3)14(10-15,12(4,5)6)13(7,8)9/h10H,1-9H3. The van der Waals surface area contributed by atoms with Crippen molar-refractivity contribution in [1.82, 2.24) is 0 Å². The summed E-state index contributed by atoms with van der Waals surface area (Å²) in [6, 6.07) is 0. The minimum Gasteiger partial charge on any atom is -0.303 e. The first-order valence-electron chi connectivity index (χ1n) is 5.77. The molecule has 0 aromatic heterocycles. The number of hydrogen-bond acceptors (Lipinski definition) is 1. The summed E-state index contributed by atoms with van der Waals surface area (Å²) < 4.78 is 0. The second kappa shape index (κ2) is 3.61. The van der Waals surface area contributed by atoms with E-state index in [2.05, 4.69) is 62.3 Å². The third-order valence-corrected chi connectivity index (χ3v) is 3.73. The minimum atomic E-state index is -0.326. The second-order valence-electron chi connectivity index (χ2n) is 7.68. The summed E-state index contributed by atoms with van der Waals surface area (Å²) in [7, 11) is 0. The molecule has 0 rings (SSSR count). The van der Waals surface area contributed by atoms with Crippen LogP contribution in [0.5, 0.6) is 0 Å². The summed E-state index contributed by atoms with van der Waals surface area (Å²) in [4.78, 5) is 11.8. The molecule has 0 radical (unpaired) electrons. The van der Waals surface area contributed by atoms with Gasteiger partial charge in [0.25, 0.3) is 0 Å². The SMILES string of the molecule is CC(C)(C)C(C=O)(C(C)(C)C)C(C)(C)C. The van der Waals surface area contributed by atoms with E-state index < -0.39 is 0 Å². The van der Waals surface area contributed by atoms with E-state index in [1.54, 1.807) is 0 Å². The van der Waals surface area contributed by atoms with Crippen LogP contribution >= 0.6 is 0 Å².